The third-order valence-corrected chi connectivity index (χ3v) is 4.82. The number of nitrogens with one attached hydrogen (secondary N) is 2. The van der Waals surface area contributed by atoms with E-state index >= 15 is 0 Å². The van der Waals surface area contributed by atoms with Crippen LogP contribution in [0.4, 0.5) is 4.39 Å². The van der Waals surface area contributed by atoms with Crippen LogP contribution in [0, 0.1) is 5.82 Å². The molecule has 0 saturated carbocycles. The van der Waals surface area contributed by atoms with E-state index in [0.717, 1.165) is 16.4 Å². The highest BCUT2D eigenvalue weighted by Gasteiger charge is 2.21. The van der Waals surface area contributed by atoms with Gasteiger partial charge in [-0.25, -0.2) is 9.07 Å². The fraction of sp³-hybridized carbons (Fsp3) is 0.111. The molecular weight excluding hydrogens is 383 g/mol. The van der Waals surface area contributed by atoms with Crippen molar-refractivity contribution in [3.8, 4) is 11.4 Å². The molecule has 0 radical (unpaired) electrons. The minimum Gasteiger partial charge on any atom is -0.335 e. The van der Waals surface area contributed by atoms with Crippen molar-refractivity contribution in [2.75, 3.05) is 5.84 Å². The van der Waals surface area contributed by atoms with Gasteiger partial charge in [0.2, 0.25) is 5.16 Å². The third-order valence-electron chi connectivity index (χ3n) is 3.77. The Morgan fingerprint density at radius 1 is 1.07 bits per heavy atom. The summed E-state index contributed by atoms with van der Waals surface area (Å²) in [5.74, 6) is 4.73. The van der Waals surface area contributed by atoms with E-state index in [9.17, 15) is 14.0 Å². The molecule has 8 nitrogen and oxygen atoms in total. The molecule has 0 bridgehead atoms. The molecule has 1 heterocycles. The molecule has 0 unspecified atom stereocenters. The maximum absolute atomic E-state index is 13.9. The van der Waals surface area contributed by atoms with Crippen LogP contribution in [-0.2, 0) is 4.79 Å². The van der Waals surface area contributed by atoms with Gasteiger partial charge >= 0.3 is 0 Å². The first-order valence-electron chi connectivity index (χ1n) is 8.24. The Hall–Kier alpha value is -3.40. The first-order valence-corrected chi connectivity index (χ1v) is 9.12. The fourth-order valence-corrected chi connectivity index (χ4v) is 3.05. The molecule has 144 valence electrons. The number of carbonyl (C=O) groups is 2. The van der Waals surface area contributed by atoms with Crippen molar-refractivity contribution in [2.45, 2.75) is 17.3 Å². The van der Waals surface area contributed by atoms with Gasteiger partial charge < -0.3 is 5.84 Å². The number of aromatic nitrogens is 3. The van der Waals surface area contributed by atoms with Crippen molar-refractivity contribution in [1.29, 1.82) is 0 Å². The van der Waals surface area contributed by atoms with Gasteiger partial charge in [0.15, 0.2) is 5.82 Å². The predicted octanol–water partition coefficient (Wildman–Crippen LogP) is 1.74. The number of hydrazine groups is 1. The van der Waals surface area contributed by atoms with Gasteiger partial charge in [-0.15, -0.1) is 10.2 Å². The van der Waals surface area contributed by atoms with Crippen molar-refractivity contribution in [2.24, 2.45) is 0 Å². The summed E-state index contributed by atoms with van der Waals surface area (Å²) in [5.41, 5.74) is 5.31. The molecule has 1 aromatic heterocycles. The van der Waals surface area contributed by atoms with E-state index in [1.807, 2.05) is 0 Å². The molecule has 0 aliphatic rings. The molecule has 2 aromatic carbocycles. The van der Waals surface area contributed by atoms with Gasteiger partial charge in [0.25, 0.3) is 11.8 Å². The van der Waals surface area contributed by atoms with Gasteiger partial charge in [0.1, 0.15) is 5.82 Å². The number of amides is 2. The van der Waals surface area contributed by atoms with Crippen LogP contribution in [0.25, 0.3) is 11.4 Å². The van der Waals surface area contributed by atoms with E-state index < -0.39 is 22.9 Å². The Bertz CT molecular complexity index is 995. The second-order valence-corrected chi connectivity index (χ2v) is 7.03. The molecule has 28 heavy (non-hydrogen) atoms. The van der Waals surface area contributed by atoms with Crippen molar-refractivity contribution in [3.63, 3.8) is 0 Å². The van der Waals surface area contributed by atoms with Crippen molar-refractivity contribution < 1.29 is 14.0 Å². The maximum Gasteiger partial charge on any atom is 0.269 e. The molecule has 1 atom stereocenters. The van der Waals surface area contributed by atoms with Crippen LogP contribution in [0.3, 0.4) is 0 Å². The van der Waals surface area contributed by atoms with Crippen LogP contribution >= 0.6 is 11.8 Å². The topological polar surface area (TPSA) is 115 Å². The highest BCUT2D eigenvalue weighted by Crippen LogP contribution is 2.26. The van der Waals surface area contributed by atoms with Crippen molar-refractivity contribution >= 4 is 23.6 Å². The van der Waals surface area contributed by atoms with Gasteiger partial charge in [-0.3, -0.25) is 20.4 Å². The number of nitrogen functional groups attached to an aromatic ring is 1. The maximum atomic E-state index is 13.9. The van der Waals surface area contributed by atoms with Gasteiger partial charge in [0, 0.05) is 5.56 Å². The number of hydrogen-bond donors (Lipinski definition) is 3. The van der Waals surface area contributed by atoms with E-state index in [1.54, 1.807) is 49.4 Å². The summed E-state index contributed by atoms with van der Waals surface area (Å²) >= 11 is 1.03. The summed E-state index contributed by atoms with van der Waals surface area (Å²) in [4.78, 5) is 24.2. The molecular formula is C18H17FN6O2S. The standard InChI is InChI=1S/C18H17FN6O2S/c1-11(16(26)22-23-17(27)12-7-3-2-4-8-12)28-18-24-21-15(25(18)20)13-9-5-6-10-14(13)19/h2-11H,20H2,1H3,(H,22,26)(H,23,27)/t11-/m1/s1. The monoisotopic (exact) mass is 400 g/mol. The number of thioether (sulfide) groups is 1. The molecule has 2 amide bonds. The Kier molecular flexibility index (Phi) is 5.90. The normalized spacial score (nSPS) is 11.6. The molecule has 3 rings (SSSR count). The zero-order valence-corrected chi connectivity index (χ0v) is 15.6. The largest absolute Gasteiger partial charge is 0.335 e. The number of hydrogen-bond acceptors (Lipinski definition) is 6. The van der Waals surface area contributed by atoms with E-state index in [1.165, 1.54) is 12.1 Å². The summed E-state index contributed by atoms with van der Waals surface area (Å²) in [6, 6.07) is 14.5. The molecule has 10 heteroatoms. The summed E-state index contributed by atoms with van der Waals surface area (Å²) in [5, 5.41) is 7.40. The van der Waals surface area contributed by atoms with E-state index in [2.05, 4.69) is 21.0 Å². The average Bonchev–Trinajstić information content (AvgIpc) is 3.07. The zero-order chi connectivity index (χ0) is 20.1. The van der Waals surface area contributed by atoms with Crippen LogP contribution in [0.2, 0.25) is 0 Å². The lowest BCUT2D eigenvalue weighted by molar-refractivity contribution is -0.121. The average molecular weight is 400 g/mol. The lowest BCUT2D eigenvalue weighted by atomic mass is 10.2. The summed E-state index contributed by atoms with van der Waals surface area (Å²) in [6.07, 6.45) is 0. The molecule has 4 N–H and O–H groups in total. The summed E-state index contributed by atoms with van der Waals surface area (Å²) in [7, 11) is 0. The zero-order valence-electron chi connectivity index (χ0n) is 14.8. The SMILES string of the molecule is C[C@@H](Sc1nnc(-c2ccccc2F)n1N)C(=O)NNC(=O)c1ccccc1. The number of benzene rings is 2. The Morgan fingerprint density at radius 3 is 2.46 bits per heavy atom. The van der Waals surface area contributed by atoms with Crippen LogP contribution < -0.4 is 16.7 Å². The Morgan fingerprint density at radius 2 is 1.75 bits per heavy atom. The first kappa shape index (κ1) is 19.4. The number of nitrogens with two attached hydrogens (primary N) is 1. The van der Waals surface area contributed by atoms with Gasteiger partial charge in [-0.1, -0.05) is 42.1 Å². The Labute approximate surface area is 164 Å². The minimum absolute atomic E-state index is 0.144. The third kappa shape index (κ3) is 4.29. The molecule has 0 spiro atoms. The van der Waals surface area contributed by atoms with Crippen molar-refractivity contribution in [3.05, 3.63) is 66.0 Å². The second kappa shape index (κ2) is 8.53. The second-order valence-electron chi connectivity index (χ2n) is 5.73. The molecule has 3 aromatic rings. The smallest absolute Gasteiger partial charge is 0.269 e. The number of carbonyl (C=O) groups excluding carboxylic acids is 2. The van der Waals surface area contributed by atoms with E-state index in [0.29, 0.717) is 5.56 Å². The highest BCUT2D eigenvalue weighted by atomic mass is 32.2. The Balaban J connectivity index is 1.62. The lowest BCUT2D eigenvalue weighted by Gasteiger charge is -2.12. The van der Waals surface area contributed by atoms with Gasteiger partial charge in [-0.2, -0.15) is 0 Å². The van der Waals surface area contributed by atoms with Crippen LogP contribution in [0.1, 0.15) is 17.3 Å². The van der Waals surface area contributed by atoms with Crippen LogP contribution in [-0.4, -0.2) is 31.9 Å². The molecule has 0 aliphatic carbocycles. The van der Waals surface area contributed by atoms with Gasteiger partial charge in [-0.05, 0) is 31.2 Å². The quantitative estimate of drug-likeness (QED) is 0.341. The highest BCUT2D eigenvalue weighted by molar-refractivity contribution is 8.00. The fourth-order valence-electron chi connectivity index (χ4n) is 2.28. The molecule has 0 aliphatic heterocycles. The summed E-state index contributed by atoms with van der Waals surface area (Å²) in [6.45, 7) is 1.62. The molecule has 0 fully saturated rings. The minimum atomic E-state index is -0.643. The van der Waals surface area contributed by atoms with Crippen molar-refractivity contribution in [1.82, 2.24) is 25.7 Å². The van der Waals surface area contributed by atoms with E-state index in [4.69, 9.17) is 5.84 Å². The van der Waals surface area contributed by atoms with E-state index in [-0.39, 0.29) is 16.5 Å². The first-order chi connectivity index (χ1) is 13.5. The number of halogens is 1. The van der Waals surface area contributed by atoms with Gasteiger partial charge in [0.05, 0.1) is 10.8 Å². The summed E-state index contributed by atoms with van der Waals surface area (Å²) < 4.78 is 15.0. The predicted molar refractivity (Wildman–Crippen MR) is 103 cm³/mol. The number of rotatable bonds is 5. The molecule has 0 saturated heterocycles. The number of nitrogens with zero attached hydrogens (tertiary/aromatic N) is 3. The lowest BCUT2D eigenvalue weighted by Crippen LogP contribution is -2.45. The van der Waals surface area contributed by atoms with Crippen LogP contribution in [0.15, 0.2) is 59.8 Å². The van der Waals surface area contributed by atoms with Crippen LogP contribution in [0.5, 0.6) is 0 Å².